The molecule has 0 radical (unpaired) electrons. The lowest BCUT2D eigenvalue weighted by Gasteiger charge is -2.37. The van der Waals surface area contributed by atoms with Crippen LogP contribution in [0.15, 0.2) is 46.3 Å². The number of oxime groups is 1. The fraction of sp³-hybridized carbons (Fsp3) is 0.433. The van der Waals surface area contributed by atoms with Crippen LogP contribution in [0.5, 0.6) is 0 Å². The number of hydrogen-bond donors (Lipinski definition) is 1. The van der Waals surface area contributed by atoms with Crippen molar-refractivity contribution in [1.29, 1.82) is 10.5 Å². The van der Waals surface area contributed by atoms with Gasteiger partial charge in [-0.2, -0.15) is 10.5 Å². The van der Waals surface area contributed by atoms with Crippen LogP contribution in [-0.2, 0) is 18.5 Å². The smallest absolute Gasteiger partial charge is 0.270 e. The largest absolute Gasteiger partial charge is 0.392 e. The lowest BCUT2D eigenvalue weighted by atomic mass is 9.80. The second-order valence-corrected chi connectivity index (χ2v) is 11.0. The summed E-state index contributed by atoms with van der Waals surface area (Å²) in [5.74, 6) is 0.163. The Balaban J connectivity index is 1.65. The van der Waals surface area contributed by atoms with Gasteiger partial charge in [0.15, 0.2) is 0 Å². The average Bonchev–Trinajstić information content (AvgIpc) is 2.94. The molecule has 0 spiro atoms. The first-order valence-electron chi connectivity index (χ1n) is 13.1. The van der Waals surface area contributed by atoms with Crippen LogP contribution in [0.3, 0.4) is 0 Å². The van der Waals surface area contributed by atoms with Crippen molar-refractivity contribution < 1.29 is 9.94 Å². The van der Waals surface area contributed by atoms with E-state index in [-0.39, 0.29) is 35.4 Å². The van der Waals surface area contributed by atoms with E-state index >= 15 is 0 Å². The molecule has 202 valence electrons. The van der Waals surface area contributed by atoms with Crippen LogP contribution in [-0.4, -0.2) is 39.1 Å². The minimum absolute atomic E-state index is 0.0185. The fourth-order valence-corrected chi connectivity index (χ4v) is 5.15. The van der Waals surface area contributed by atoms with Crippen molar-refractivity contribution in [3.05, 3.63) is 69.1 Å². The number of benzene rings is 1. The lowest BCUT2D eigenvalue weighted by Crippen LogP contribution is -2.39. The van der Waals surface area contributed by atoms with Gasteiger partial charge in [0.1, 0.15) is 34.5 Å². The maximum atomic E-state index is 13.0. The highest BCUT2D eigenvalue weighted by molar-refractivity contribution is 6.02. The molecule has 0 amide bonds. The third-order valence-corrected chi connectivity index (χ3v) is 7.28. The van der Waals surface area contributed by atoms with Gasteiger partial charge in [-0.15, -0.1) is 0 Å². The van der Waals surface area contributed by atoms with Crippen molar-refractivity contribution in [3.8, 4) is 12.1 Å². The molecule has 0 bridgehead atoms. The van der Waals surface area contributed by atoms with E-state index in [4.69, 9.17) is 4.84 Å². The normalized spacial score (nSPS) is 17.9. The van der Waals surface area contributed by atoms with Crippen molar-refractivity contribution in [3.63, 3.8) is 0 Å². The van der Waals surface area contributed by atoms with Gasteiger partial charge in [-0.1, -0.05) is 29.4 Å². The molecule has 1 saturated carbocycles. The number of aromatic nitrogens is 2. The highest BCUT2D eigenvalue weighted by atomic mass is 16.6. The summed E-state index contributed by atoms with van der Waals surface area (Å²) in [5.41, 5.74) is 3.65. The number of fused-ring (bicyclic) bond motifs is 1. The van der Waals surface area contributed by atoms with E-state index in [1.54, 1.807) is 19.2 Å². The van der Waals surface area contributed by atoms with E-state index in [2.05, 4.69) is 22.3 Å². The molecule has 2 heterocycles. The lowest BCUT2D eigenvalue weighted by molar-refractivity contribution is -0.0000292. The van der Waals surface area contributed by atoms with Crippen molar-refractivity contribution in [2.45, 2.75) is 64.7 Å². The van der Waals surface area contributed by atoms with Gasteiger partial charge < -0.3 is 19.4 Å². The molecule has 1 N–H and O–H groups in total. The minimum Gasteiger partial charge on any atom is -0.392 e. The molecule has 1 aliphatic carbocycles. The van der Waals surface area contributed by atoms with Gasteiger partial charge >= 0.3 is 0 Å². The zero-order valence-corrected chi connectivity index (χ0v) is 23.1. The van der Waals surface area contributed by atoms with E-state index in [1.165, 1.54) is 4.57 Å². The topological polar surface area (TPSA) is 128 Å². The van der Waals surface area contributed by atoms with Crippen molar-refractivity contribution in [2.75, 3.05) is 11.9 Å². The first kappa shape index (κ1) is 27.8. The molecule has 1 fully saturated rings. The van der Waals surface area contributed by atoms with Crippen molar-refractivity contribution >= 4 is 22.4 Å². The zero-order valence-electron chi connectivity index (χ0n) is 23.1. The predicted octanol–water partition coefficient (Wildman–Crippen LogP) is 4.38. The van der Waals surface area contributed by atoms with Crippen molar-refractivity contribution in [1.82, 2.24) is 9.55 Å². The summed E-state index contributed by atoms with van der Waals surface area (Å²) in [4.78, 5) is 25.4. The molecule has 0 saturated heterocycles. The van der Waals surface area contributed by atoms with E-state index < -0.39 is 5.60 Å². The minimum atomic E-state index is -0.433. The van der Waals surface area contributed by atoms with Gasteiger partial charge in [-0.05, 0) is 69.7 Å². The molecule has 3 aromatic rings. The second kappa shape index (κ2) is 11.3. The number of aliphatic hydroxyl groups excluding tert-OH is 1. The first-order chi connectivity index (χ1) is 18.6. The summed E-state index contributed by atoms with van der Waals surface area (Å²) < 4.78 is 1.41. The number of hydrogen-bond acceptors (Lipinski definition) is 8. The number of pyridine rings is 2. The Bertz CT molecular complexity index is 1530. The molecule has 1 aromatic carbocycles. The number of aryl methyl sites for hydroxylation is 1. The van der Waals surface area contributed by atoms with Crippen LogP contribution in [0.25, 0.3) is 11.0 Å². The SMILES string of the molecule is CN(c1c(C#N)c(=O)n(C)c2ccc(C#N)nc12)C1CCC(/C(=N/OC(C)(C)C)c2ccc(CO)cc2)CC1. The van der Waals surface area contributed by atoms with Gasteiger partial charge in [-0.3, -0.25) is 4.79 Å². The number of aliphatic hydroxyl groups is 1. The molecular weight excluding hydrogens is 492 g/mol. The summed E-state index contributed by atoms with van der Waals surface area (Å²) in [6.07, 6.45) is 3.29. The highest BCUT2D eigenvalue weighted by Crippen LogP contribution is 2.35. The molecule has 9 nitrogen and oxygen atoms in total. The second-order valence-electron chi connectivity index (χ2n) is 11.0. The van der Waals surface area contributed by atoms with Crippen molar-refractivity contribution in [2.24, 2.45) is 18.1 Å². The van der Waals surface area contributed by atoms with Crippen LogP contribution in [0.2, 0.25) is 0 Å². The third kappa shape index (κ3) is 5.79. The zero-order chi connectivity index (χ0) is 28.3. The highest BCUT2D eigenvalue weighted by Gasteiger charge is 2.31. The summed E-state index contributed by atoms with van der Waals surface area (Å²) >= 11 is 0. The standard InChI is InChI=1S/C30H34N6O3/c1-30(2,3)39-34-26(20-8-6-19(18-37)7-9-20)21-10-13-23(14-11-21)35(4)28-24(17-32)29(38)36(5)25-15-12-22(16-31)33-27(25)28/h6-9,12,15,21,23,37H,10-11,13-14,18H2,1-5H3/b34-26+. The molecular formula is C30H34N6O3. The maximum absolute atomic E-state index is 13.0. The molecule has 1 aliphatic rings. The summed E-state index contributed by atoms with van der Waals surface area (Å²) in [6, 6.07) is 15.2. The summed E-state index contributed by atoms with van der Waals surface area (Å²) in [5, 5.41) is 33.4. The van der Waals surface area contributed by atoms with Gasteiger partial charge in [0.2, 0.25) is 0 Å². The quantitative estimate of drug-likeness (QED) is 0.373. The van der Waals surface area contributed by atoms with Gasteiger partial charge in [-0.25, -0.2) is 4.98 Å². The molecule has 4 rings (SSSR count). The Morgan fingerprint density at radius 3 is 2.36 bits per heavy atom. The first-order valence-corrected chi connectivity index (χ1v) is 13.1. The third-order valence-electron chi connectivity index (χ3n) is 7.28. The van der Waals surface area contributed by atoms with Crippen LogP contribution < -0.4 is 10.5 Å². The van der Waals surface area contributed by atoms with Gasteiger partial charge in [0, 0.05) is 26.1 Å². The van der Waals surface area contributed by atoms with Crippen LogP contribution in [0.1, 0.15) is 68.8 Å². The Kier molecular flexibility index (Phi) is 8.03. The fourth-order valence-electron chi connectivity index (χ4n) is 5.15. The van der Waals surface area contributed by atoms with E-state index in [0.29, 0.717) is 16.7 Å². The summed E-state index contributed by atoms with van der Waals surface area (Å²) in [6.45, 7) is 5.86. The van der Waals surface area contributed by atoms with Crippen LogP contribution in [0, 0.1) is 28.6 Å². The number of nitriles is 2. The molecule has 2 aromatic heterocycles. The number of rotatable bonds is 6. The van der Waals surface area contributed by atoms with E-state index in [1.807, 2.05) is 57.0 Å². The van der Waals surface area contributed by atoms with Crippen LogP contribution >= 0.6 is 0 Å². The Morgan fingerprint density at radius 1 is 1.13 bits per heavy atom. The van der Waals surface area contributed by atoms with Gasteiger partial charge in [0.25, 0.3) is 5.56 Å². The molecule has 0 aliphatic heterocycles. The Hall–Kier alpha value is -4.21. The number of anilines is 1. The van der Waals surface area contributed by atoms with Crippen LogP contribution in [0.4, 0.5) is 5.69 Å². The molecule has 39 heavy (non-hydrogen) atoms. The average molecular weight is 527 g/mol. The monoisotopic (exact) mass is 526 g/mol. The number of nitrogens with zero attached hydrogens (tertiary/aromatic N) is 6. The Labute approximate surface area is 228 Å². The van der Waals surface area contributed by atoms with Gasteiger partial charge in [0.05, 0.1) is 23.5 Å². The Morgan fingerprint density at radius 2 is 1.79 bits per heavy atom. The molecule has 0 atom stereocenters. The van der Waals surface area contributed by atoms with E-state index in [9.17, 15) is 20.4 Å². The predicted molar refractivity (Wildman–Crippen MR) is 150 cm³/mol. The van der Waals surface area contributed by atoms with E-state index in [0.717, 1.165) is 42.5 Å². The maximum Gasteiger partial charge on any atom is 0.270 e. The summed E-state index contributed by atoms with van der Waals surface area (Å²) in [7, 11) is 3.51. The molecule has 9 heteroatoms. The molecule has 0 unspecified atom stereocenters.